The molecule has 0 amide bonds. The van der Waals surface area contributed by atoms with Gasteiger partial charge in [0.15, 0.2) is 5.82 Å². The zero-order chi connectivity index (χ0) is 23.2. The van der Waals surface area contributed by atoms with Crippen molar-refractivity contribution in [3.63, 3.8) is 0 Å². The topological polar surface area (TPSA) is 47.6 Å². The lowest BCUT2D eigenvalue weighted by atomic mass is 9.96. The van der Waals surface area contributed by atoms with E-state index in [1.807, 2.05) is 45.9 Å². The minimum atomic E-state index is 0.0543. The van der Waals surface area contributed by atoms with Crippen LogP contribution in [0.25, 0.3) is 0 Å². The molecular weight excluding hydrogens is 430 g/mol. The highest BCUT2D eigenvalue weighted by Crippen LogP contribution is 2.24. The molecule has 0 spiro atoms. The van der Waals surface area contributed by atoms with E-state index in [4.69, 9.17) is 27.2 Å². The highest BCUT2D eigenvalue weighted by molar-refractivity contribution is 7.71. The molecular formula is C26H33N5OS. The minimum Gasteiger partial charge on any atom is -0.379 e. The lowest BCUT2D eigenvalue weighted by Crippen LogP contribution is -2.37. The normalized spacial score (nSPS) is 16.0. The lowest BCUT2D eigenvalue weighted by molar-refractivity contribution is 0.0209. The van der Waals surface area contributed by atoms with Crippen molar-refractivity contribution in [3.8, 4) is 0 Å². The first-order valence-electron chi connectivity index (χ1n) is 11.7. The van der Waals surface area contributed by atoms with Gasteiger partial charge in [-0.05, 0) is 41.2 Å². The summed E-state index contributed by atoms with van der Waals surface area (Å²) in [5.41, 5.74) is 3.59. The monoisotopic (exact) mass is 463 g/mol. The Labute approximate surface area is 201 Å². The molecule has 1 unspecified atom stereocenters. The molecule has 4 rings (SSSR count). The Hall–Kier alpha value is -2.61. The number of nitrogens with zero attached hydrogens (tertiary/aromatic N) is 5. The summed E-state index contributed by atoms with van der Waals surface area (Å²) in [6.45, 7) is 10.5. The predicted molar refractivity (Wildman–Crippen MR) is 135 cm³/mol. The minimum absolute atomic E-state index is 0.0543. The fraction of sp³-hybridized carbons (Fsp3) is 0.423. The SMILES string of the molecule is CC(C)Cc1ccc(C(C)c2nn(CN3CCOCC3)c(=S)n2/N=C/c2ccccc2)cc1. The van der Waals surface area contributed by atoms with E-state index in [1.165, 1.54) is 11.1 Å². The third-order valence-electron chi connectivity index (χ3n) is 5.91. The smallest absolute Gasteiger partial charge is 0.220 e. The van der Waals surface area contributed by atoms with Crippen molar-refractivity contribution in [1.82, 2.24) is 19.4 Å². The van der Waals surface area contributed by atoms with Crippen molar-refractivity contribution in [2.45, 2.75) is 39.8 Å². The van der Waals surface area contributed by atoms with Crippen LogP contribution in [0.4, 0.5) is 0 Å². The fourth-order valence-electron chi connectivity index (χ4n) is 4.05. The van der Waals surface area contributed by atoms with Crippen LogP contribution in [0.3, 0.4) is 0 Å². The molecule has 2 heterocycles. The van der Waals surface area contributed by atoms with Crippen LogP contribution in [0, 0.1) is 10.7 Å². The van der Waals surface area contributed by atoms with Crippen molar-refractivity contribution in [1.29, 1.82) is 0 Å². The third kappa shape index (κ3) is 6.05. The second-order valence-corrected chi connectivity index (χ2v) is 9.41. The number of ether oxygens (including phenoxy) is 1. The molecule has 33 heavy (non-hydrogen) atoms. The molecule has 6 nitrogen and oxygen atoms in total. The molecule has 7 heteroatoms. The first kappa shape index (κ1) is 23.5. The predicted octanol–water partition coefficient (Wildman–Crippen LogP) is 4.94. The molecule has 0 N–H and O–H groups in total. The summed E-state index contributed by atoms with van der Waals surface area (Å²) in [7, 11) is 0. The second-order valence-electron chi connectivity index (χ2n) is 9.04. The third-order valence-corrected chi connectivity index (χ3v) is 6.30. The van der Waals surface area contributed by atoms with E-state index in [0.717, 1.165) is 44.1 Å². The van der Waals surface area contributed by atoms with Gasteiger partial charge in [0.2, 0.25) is 4.77 Å². The Balaban J connectivity index is 1.66. The largest absolute Gasteiger partial charge is 0.379 e. The Morgan fingerprint density at radius 2 is 1.73 bits per heavy atom. The van der Waals surface area contributed by atoms with Gasteiger partial charge >= 0.3 is 0 Å². The Morgan fingerprint density at radius 3 is 2.39 bits per heavy atom. The Morgan fingerprint density at radius 1 is 1.03 bits per heavy atom. The quantitative estimate of drug-likeness (QED) is 0.351. The zero-order valence-corrected chi connectivity index (χ0v) is 20.5. The fourth-order valence-corrected chi connectivity index (χ4v) is 4.28. The molecule has 0 saturated carbocycles. The average Bonchev–Trinajstić information content (AvgIpc) is 3.13. The highest BCUT2D eigenvalue weighted by atomic mass is 32.1. The van der Waals surface area contributed by atoms with Crippen LogP contribution >= 0.6 is 12.2 Å². The molecule has 2 aromatic carbocycles. The van der Waals surface area contributed by atoms with Crippen LogP contribution in [0.1, 0.15) is 49.2 Å². The summed E-state index contributed by atoms with van der Waals surface area (Å²) in [6, 6.07) is 18.9. The molecule has 0 aliphatic carbocycles. The molecule has 1 aromatic heterocycles. The van der Waals surface area contributed by atoms with E-state index in [2.05, 4.69) is 49.9 Å². The molecule has 1 fully saturated rings. The van der Waals surface area contributed by atoms with E-state index in [1.54, 1.807) is 0 Å². The Kier molecular flexibility index (Phi) is 7.85. The van der Waals surface area contributed by atoms with Gasteiger partial charge in [0, 0.05) is 19.0 Å². The van der Waals surface area contributed by atoms with Crippen LogP contribution in [0.5, 0.6) is 0 Å². The van der Waals surface area contributed by atoms with Crippen LogP contribution in [-0.2, 0) is 17.8 Å². The van der Waals surface area contributed by atoms with Crippen molar-refractivity contribution in [2.24, 2.45) is 11.0 Å². The summed E-state index contributed by atoms with van der Waals surface area (Å²) in [5.74, 6) is 1.54. The van der Waals surface area contributed by atoms with Crippen LogP contribution in [0.15, 0.2) is 59.7 Å². The van der Waals surface area contributed by atoms with E-state index in [0.29, 0.717) is 17.4 Å². The van der Waals surface area contributed by atoms with Gasteiger partial charge in [0.1, 0.15) is 0 Å². The first-order chi connectivity index (χ1) is 16.0. The molecule has 174 valence electrons. The van der Waals surface area contributed by atoms with Crippen molar-refractivity contribution >= 4 is 18.4 Å². The number of morpholine rings is 1. The molecule has 1 aliphatic heterocycles. The Bertz CT molecular complexity index is 1110. The summed E-state index contributed by atoms with van der Waals surface area (Å²) < 4.78 is 9.80. The van der Waals surface area contributed by atoms with Gasteiger partial charge in [-0.25, -0.2) is 4.68 Å². The molecule has 1 atom stereocenters. The maximum Gasteiger partial charge on any atom is 0.220 e. The molecule has 3 aromatic rings. The highest BCUT2D eigenvalue weighted by Gasteiger charge is 2.20. The number of rotatable bonds is 8. The maximum absolute atomic E-state index is 5.83. The standard InChI is InChI=1S/C26H33N5OS/c1-20(2)17-22-9-11-24(12-10-22)21(3)25-28-30(19-29-13-15-32-16-14-29)26(33)31(25)27-18-23-7-5-4-6-8-23/h4-12,18,20-21H,13-17,19H2,1-3H3/b27-18+. The summed E-state index contributed by atoms with van der Waals surface area (Å²) in [5, 5.41) is 9.70. The first-order valence-corrected chi connectivity index (χ1v) is 12.1. The zero-order valence-electron chi connectivity index (χ0n) is 19.7. The van der Waals surface area contributed by atoms with Crippen molar-refractivity contribution in [3.05, 3.63) is 81.9 Å². The maximum atomic E-state index is 5.83. The van der Waals surface area contributed by atoms with Gasteiger partial charge in [-0.15, -0.1) is 0 Å². The van der Waals surface area contributed by atoms with E-state index >= 15 is 0 Å². The van der Waals surface area contributed by atoms with Crippen molar-refractivity contribution < 1.29 is 4.74 Å². The average molecular weight is 464 g/mol. The van der Waals surface area contributed by atoms with Gasteiger partial charge in [0.05, 0.1) is 26.1 Å². The van der Waals surface area contributed by atoms with Crippen LogP contribution in [-0.4, -0.2) is 51.9 Å². The summed E-state index contributed by atoms with van der Waals surface area (Å²) >= 11 is 5.83. The number of benzene rings is 2. The van der Waals surface area contributed by atoms with E-state index in [-0.39, 0.29) is 5.92 Å². The van der Waals surface area contributed by atoms with Gasteiger partial charge < -0.3 is 4.74 Å². The summed E-state index contributed by atoms with van der Waals surface area (Å²) in [6.07, 6.45) is 2.93. The number of hydrogen-bond donors (Lipinski definition) is 0. The van der Waals surface area contributed by atoms with E-state index < -0.39 is 0 Å². The molecule has 1 saturated heterocycles. The molecule has 1 aliphatic rings. The second kappa shape index (κ2) is 11.0. The molecule has 0 bridgehead atoms. The lowest BCUT2D eigenvalue weighted by Gasteiger charge is -2.26. The van der Waals surface area contributed by atoms with Gasteiger partial charge in [-0.3, -0.25) is 4.90 Å². The van der Waals surface area contributed by atoms with Crippen LogP contribution < -0.4 is 0 Å². The van der Waals surface area contributed by atoms with Gasteiger partial charge in [0.25, 0.3) is 0 Å². The van der Waals surface area contributed by atoms with Gasteiger partial charge in [-0.2, -0.15) is 14.9 Å². The summed E-state index contributed by atoms with van der Waals surface area (Å²) in [4.78, 5) is 2.31. The molecule has 0 radical (unpaired) electrons. The number of hydrogen-bond acceptors (Lipinski definition) is 5. The van der Waals surface area contributed by atoms with E-state index in [9.17, 15) is 0 Å². The van der Waals surface area contributed by atoms with Crippen molar-refractivity contribution in [2.75, 3.05) is 26.3 Å². The number of aromatic nitrogens is 3. The van der Waals surface area contributed by atoms with Gasteiger partial charge in [-0.1, -0.05) is 75.4 Å². The van der Waals surface area contributed by atoms with Crippen LogP contribution in [0.2, 0.25) is 0 Å².